The van der Waals surface area contributed by atoms with Gasteiger partial charge in [-0.3, -0.25) is 14.4 Å². The molecule has 3 aliphatic heterocycles. The Hall–Kier alpha value is -3.36. The first kappa shape index (κ1) is 32.0. The van der Waals surface area contributed by atoms with Crippen LogP contribution in [0.2, 0.25) is 0 Å². The zero-order valence-electron chi connectivity index (χ0n) is 25.9. The second kappa shape index (κ2) is 13.7. The number of aliphatic hydroxyl groups excluding tert-OH is 1. The third-order valence-corrected chi connectivity index (χ3v) is 11.8. The molecule has 2 aromatic rings. The van der Waals surface area contributed by atoms with Crippen LogP contribution in [0, 0.1) is 17.8 Å². The van der Waals surface area contributed by atoms with Crippen molar-refractivity contribution in [2.45, 2.75) is 68.3 Å². The van der Waals surface area contributed by atoms with E-state index in [0.29, 0.717) is 32.6 Å². The first-order valence-electron chi connectivity index (χ1n) is 15.8. The van der Waals surface area contributed by atoms with Crippen molar-refractivity contribution >= 4 is 29.5 Å². The topological polar surface area (TPSA) is 81.2 Å². The summed E-state index contributed by atoms with van der Waals surface area (Å²) in [5.74, 6) is -1.56. The quantitative estimate of drug-likeness (QED) is 0.306. The largest absolute Gasteiger partial charge is 0.394 e. The van der Waals surface area contributed by atoms with E-state index in [9.17, 15) is 19.5 Å². The average molecular weight is 616 g/mol. The van der Waals surface area contributed by atoms with Crippen molar-refractivity contribution in [3.63, 3.8) is 0 Å². The van der Waals surface area contributed by atoms with E-state index in [-0.39, 0.29) is 35.5 Å². The van der Waals surface area contributed by atoms with E-state index in [0.717, 1.165) is 24.0 Å². The monoisotopic (exact) mass is 615 g/mol. The zero-order valence-corrected chi connectivity index (χ0v) is 26.7. The maximum Gasteiger partial charge on any atom is 0.247 e. The van der Waals surface area contributed by atoms with Gasteiger partial charge in [0.1, 0.15) is 6.04 Å². The van der Waals surface area contributed by atoms with Crippen molar-refractivity contribution in [1.29, 1.82) is 0 Å². The number of carbonyl (C=O) groups excluding carboxylic acids is 3. The van der Waals surface area contributed by atoms with Gasteiger partial charge < -0.3 is 19.8 Å². The molecule has 1 spiro atoms. The van der Waals surface area contributed by atoms with Crippen molar-refractivity contribution in [2.75, 3.05) is 19.7 Å². The van der Waals surface area contributed by atoms with Crippen molar-refractivity contribution in [3.05, 3.63) is 97.1 Å². The molecule has 2 aromatic carbocycles. The predicted octanol–water partition coefficient (Wildman–Crippen LogP) is 4.91. The van der Waals surface area contributed by atoms with Crippen LogP contribution in [0.15, 0.2) is 86.0 Å². The molecule has 0 saturated carbocycles. The lowest BCUT2D eigenvalue weighted by Gasteiger charge is -2.41. The number of rotatable bonds is 14. The lowest BCUT2D eigenvalue weighted by Crippen LogP contribution is -2.58. The standard InChI is InChI=1S/C36H45N3O4S/c1-5-20-37(22-26-14-10-8-11-15-26)33(41)30-29-18-19-36(44-29)31(30)34(42)39(28(24-40)25(4)7-3)32(36)35(43)38(21-6-2)23-27-16-12-9-13-17-27/h5-6,8-17,25,28-32,40H,1-2,7,18-24H2,3-4H3/t25-,28-,29+,30-,31-,32?,36?/m0/s1. The fourth-order valence-corrected chi connectivity index (χ4v) is 9.78. The second-order valence-corrected chi connectivity index (χ2v) is 14.0. The van der Waals surface area contributed by atoms with Gasteiger partial charge in [-0.05, 0) is 29.9 Å². The van der Waals surface area contributed by atoms with Crippen molar-refractivity contribution in [2.24, 2.45) is 17.8 Å². The van der Waals surface area contributed by atoms with Gasteiger partial charge in [-0.2, -0.15) is 0 Å². The Morgan fingerprint density at radius 3 is 2.05 bits per heavy atom. The smallest absolute Gasteiger partial charge is 0.247 e. The van der Waals surface area contributed by atoms with Gasteiger partial charge in [0.15, 0.2) is 0 Å². The van der Waals surface area contributed by atoms with E-state index in [1.54, 1.807) is 38.6 Å². The third kappa shape index (κ3) is 5.74. The highest BCUT2D eigenvalue weighted by Gasteiger charge is 2.74. The van der Waals surface area contributed by atoms with Gasteiger partial charge in [0, 0.05) is 31.4 Å². The lowest BCUT2D eigenvalue weighted by atomic mass is 9.70. The highest BCUT2D eigenvalue weighted by Crippen LogP contribution is 2.67. The lowest BCUT2D eigenvalue weighted by molar-refractivity contribution is -0.148. The van der Waals surface area contributed by atoms with E-state index in [1.165, 1.54) is 0 Å². The molecule has 3 heterocycles. The summed E-state index contributed by atoms with van der Waals surface area (Å²) in [5.41, 5.74) is 2.00. The minimum Gasteiger partial charge on any atom is -0.394 e. The molecule has 44 heavy (non-hydrogen) atoms. The fourth-order valence-electron chi connectivity index (χ4n) is 7.59. The zero-order chi connectivity index (χ0) is 31.4. The summed E-state index contributed by atoms with van der Waals surface area (Å²) in [6.45, 7) is 13.2. The number of amides is 3. The first-order valence-corrected chi connectivity index (χ1v) is 16.7. The average Bonchev–Trinajstić information content (AvgIpc) is 3.69. The number of hydrogen-bond donors (Lipinski definition) is 1. The molecule has 8 heteroatoms. The number of fused-ring (bicyclic) bond motifs is 1. The van der Waals surface area contributed by atoms with Gasteiger partial charge in [-0.25, -0.2) is 0 Å². The number of nitrogens with zero attached hydrogens (tertiary/aromatic N) is 3. The third-order valence-electron chi connectivity index (χ3n) is 9.86. The minimum absolute atomic E-state index is 0.0249. The normalized spacial score (nSPS) is 26.6. The molecule has 7 atom stereocenters. The molecule has 3 fully saturated rings. The van der Waals surface area contributed by atoms with Crippen LogP contribution in [0.4, 0.5) is 0 Å². The number of hydrogen-bond acceptors (Lipinski definition) is 5. The molecular formula is C36H45N3O4S. The Morgan fingerprint density at radius 2 is 1.55 bits per heavy atom. The highest BCUT2D eigenvalue weighted by atomic mass is 32.2. The van der Waals surface area contributed by atoms with Crippen molar-refractivity contribution in [1.82, 2.24) is 14.7 Å². The van der Waals surface area contributed by atoms with Crippen LogP contribution in [0.5, 0.6) is 0 Å². The van der Waals surface area contributed by atoms with E-state index >= 15 is 0 Å². The van der Waals surface area contributed by atoms with Gasteiger partial charge >= 0.3 is 0 Å². The summed E-state index contributed by atoms with van der Waals surface area (Å²) in [6.07, 6.45) is 5.64. The van der Waals surface area contributed by atoms with E-state index in [4.69, 9.17) is 0 Å². The summed E-state index contributed by atoms with van der Waals surface area (Å²) in [5, 5.41) is 10.6. The van der Waals surface area contributed by atoms with E-state index in [2.05, 4.69) is 13.2 Å². The minimum atomic E-state index is -0.774. The number of benzene rings is 2. The molecule has 0 radical (unpaired) electrons. The molecule has 2 bridgehead atoms. The Bertz CT molecular complexity index is 1350. The summed E-state index contributed by atoms with van der Waals surface area (Å²) >= 11 is 1.67. The van der Waals surface area contributed by atoms with Gasteiger partial charge in [0.05, 0.1) is 29.2 Å². The molecule has 2 unspecified atom stereocenters. The maximum atomic E-state index is 14.8. The molecule has 7 nitrogen and oxygen atoms in total. The molecule has 3 saturated heterocycles. The number of thioether (sulfide) groups is 1. The molecule has 0 aromatic heterocycles. The van der Waals surface area contributed by atoms with Crippen LogP contribution in [0.25, 0.3) is 0 Å². The Balaban J connectivity index is 1.55. The molecule has 5 rings (SSSR count). The fraction of sp³-hybridized carbons (Fsp3) is 0.472. The van der Waals surface area contributed by atoms with Crippen LogP contribution in [0.1, 0.15) is 44.2 Å². The summed E-state index contributed by atoms with van der Waals surface area (Å²) < 4.78 is -0.733. The van der Waals surface area contributed by atoms with Gasteiger partial charge in [0.25, 0.3) is 0 Å². The molecule has 234 valence electrons. The van der Waals surface area contributed by atoms with Crippen LogP contribution >= 0.6 is 11.8 Å². The highest BCUT2D eigenvalue weighted by molar-refractivity contribution is 8.02. The van der Waals surface area contributed by atoms with Gasteiger partial charge in [-0.15, -0.1) is 24.9 Å². The van der Waals surface area contributed by atoms with Crippen molar-refractivity contribution in [3.8, 4) is 0 Å². The molecular weight excluding hydrogens is 570 g/mol. The Labute approximate surface area is 266 Å². The summed E-state index contributed by atoms with van der Waals surface area (Å²) in [4.78, 5) is 49.2. The Morgan fingerprint density at radius 1 is 1.00 bits per heavy atom. The SMILES string of the molecule is C=CCN(Cc1ccccc1)C(=O)C1N([C@@H](CO)[C@@H](C)CC)C(=O)[C@@H]2[C@@H](C(=O)N(CC=C)Cc3ccccc3)[C@H]3CCC12S3. The van der Waals surface area contributed by atoms with E-state index in [1.807, 2.05) is 74.5 Å². The first-order chi connectivity index (χ1) is 21.3. The summed E-state index contributed by atoms with van der Waals surface area (Å²) in [6, 6.07) is 18.4. The van der Waals surface area contributed by atoms with Crippen LogP contribution in [-0.4, -0.2) is 79.3 Å². The maximum absolute atomic E-state index is 14.8. The van der Waals surface area contributed by atoms with Gasteiger partial charge in [-0.1, -0.05) is 93.1 Å². The molecule has 1 N–H and O–H groups in total. The number of likely N-dealkylation sites (tertiary alicyclic amines) is 1. The van der Waals surface area contributed by atoms with Gasteiger partial charge in [0.2, 0.25) is 17.7 Å². The number of carbonyl (C=O) groups is 3. The molecule has 3 amide bonds. The van der Waals surface area contributed by atoms with Crippen LogP contribution < -0.4 is 0 Å². The Kier molecular flexibility index (Phi) is 10.0. The van der Waals surface area contributed by atoms with Crippen LogP contribution in [0.3, 0.4) is 0 Å². The predicted molar refractivity (Wildman–Crippen MR) is 175 cm³/mol. The van der Waals surface area contributed by atoms with Crippen molar-refractivity contribution < 1.29 is 19.5 Å². The second-order valence-electron chi connectivity index (χ2n) is 12.4. The van der Waals surface area contributed by atoms with Crippen LogP contribution in [-0.2, 0) is 27.5 Å². The number of aliphatic hydroxyl groups is 1. The van der Waals surface area contributed by atoms with E-state index < -0.39 is 28.7 Å². The molecule has 0 aliphatic carbocycles. The summed E-state index contributed by atoms with van der Waals surface area (Å²) in [7, 11) is 0. The molecule has 3 aliphatic rings.